The Labute approximate surface area is 361 Å². The van der Waals surface area contributed by atoms with Crippen LogP contribution in [0.15, 0.2) is 29.2 Å². The number of aromatic nitrogens is 4. The number of nitrogens with one attached hydrogen (secondary N) is 2. The molecule has 6 fully saturated rings. The highest BCUT2D eigenvalue weighted by molar-refractivity contribution is 7.86. The highest BCUT2D eigenvalue weighted by Gasteiger charge is 2.62. The summed E-state index contributed by atoms with van der Waals surface area (Å²) < 4.78 is 34.3. The largest absolute Gasteiger partial charge is 0.351 e. The SMILES string of the molecule is CC1CCCC1N1C(=O)C2(CC2)c2cnc(NC3CCN(S(=O)(=O)N4CCC5(CCCN5C(=O)CCCCc5ccc6c(c5)n(C)c(=O)n6C5CCC(=O)NC5=O)C4)CC3)nc21. The van der Waals surface area contributed by atoms with Crippen molar-refractivity contribution in [3.63, 3.8) is 0 Å². The van der Waals surface area contributed by atoms with Crippen LogP contribution >= 0.6 is 0 Å². The van der Waals surface area contributed by atoms with Crippen LogP contribution in [-0.2, 0) is 48.3 Å². The molecular formula is C44H58N10O7S. The topological polar surface area (TPSA) is 192 Å². The molecule has 1 aromatic carbocycles. The summed E-state index contributed by atoms with van der Waals surface area (Å²) in [6, 6.07) is 5.21. The molecule has 4 atom stereocenters. The first kappa shape index (κ1) is 41.3. The molecule has 18 heteroatoms. The zero-order valence-electron chi connectivity index (χ0n) is 35.8. The van der Waals surface area contributed by atoms with E-state index in [1.807, 2.05) is 34.2 Å². The van der Waals surface area contributed by atoms with Crippen molar-refractivity contribution < 1.29 is 27.6 Å². The summed E-state index contributed by atoms with van der Waals surface area (Å²) in [5, 5.41) is 5.82. The number of benzene rings is 1. The maximum absolute atomic E-state index is 14.1. The number of fused-ring (bicyclic) bond motifs is 3. The number of imidazole rings is 1. The lowest BCUT2D eigenvalue weighted by atomic mass is 9.94. The van der Waals surface area contributed by atoms with Gasteiger partial charge < -0.3 is 10.2 Å². The second-order valence-electron chi connectivity index (χ2n) is 19.2. The fourth-order valence-electron chi connectivity index (χ4n) is 11.7. The smallest absolute Gasteiger partial charge is 0.329 e. The number of carbonyl (C=O) groups excluding carboxylic acids is 4. The molecule has 4 amide bonds. The number of anilines is 2. The number of hydrogen-bond acceptors (Lipinski definition) is 10. The van der Waals surface area contributed by atoms with E-state index in [4.69, 9.17) is 4.98 Å². The molecule has 2 aliphatic carbocycles. The Morgan fingerprint density at radius 1 is 0.919 bits per heavy atom. The Balaban J connectivity index is 0.717. The molecule has 5 aliphatic heterocycles. The van der Waals surface area contributed by atoms with Crippen LogP contribution in [0, 0.1) is 5.92 Å². The van der Waals surface area contributed by atoms with Gasteiger partial charge in [-0.05, 0) is 107 Å². The standard InChI is InChI=1S/C44H58N10O7S/c1-28-7-5-9-32(28)54-38-31(44(18-19-44)40(54)58)26-45-41(48-38)46-30-15-22-50(23-16-30)62(60,61)51-24-20-43(27-51)17-6-21-52(43)37(56)10-4-3-8-29-11-12-33-35(25-29)49(2)42(59)53(33)34-13-14-36(55)47-39(34)57/h11-12,25-26,28,30,32,34H,3-10,13-24,27H2,1-2H3,(H,45,46,48)(H,47,55,57). The Morgan fingerprint density at radius 3 is 2.47 bits per heavy atom. The third-order valence-corrected chi connectivity index (χ3v) is 17.4. The average molecular weight is 871 g/mol. The molecule has 332 valence electrons. The van der Waals surface area contributed by atoms with Gasteiger partial charge in [0.15, 0.2) is 0 Å². The Morgan fingerprint density at radius 2 is 1.73 bits per heavy atom. The number of nitrogens with zero attached hydrogens (tertiary/aromatic N) is 8. The lowest BCUT2D eigenvalue weighted by Gasteiger charge is -2.37. The number of likely N-dealkylation sites (tertiary alicyclic amines) is 1. The summed E-state index contributed by atoms with van der Waals surface area (Å²) in [6.45, 7) is 4.32. The minimum atomic E-state index is -3.73. The van der Waals surface area contributed by atoms with Gasteiger partial charge in [-0.15, -0.1) is 0 Å². The van der Waals surface area contributed by atoms with Gasteiger partial charge in [0.1, 0.15) is 11.9 Å². The lowest BCUT2D eigenvalue weighted by molar-refractivity contribution is -0.136. The second-order valence-corrected chi connectivity index (χ2v) is 21.1. The highest BCUT2D eigenvalue weighted by Crippen LogP contribution is 2.58. The predicted octanol–water partition coefficient (Wildman–Crippen LogP) is 3.28. The molecule has 17 nitrogen and oxygen atoms in total. The molecule has 0 bridgehead atoms. The summed E-state index contributed by atoms with van der Waals surface area (Å²) in [5.41, 5.74) is 2.12. The minimum Gasteiger partial charge on any atom is -0.351 e. The van der Waals surface area contributed by atoms with E-state index in [1.54, 1.807) is 15.7 Å². The average Bonchev–Trinajstić information content (AvgIpc) is 3.53. The first-order chi connectivity index (χ1) is 29.8. The van der Waals surface area contributed by atoms with Crippen molar-refractivity contribution in [2.45, 2.75) is 139 Å². The van der Waals surface area contributed by atoms with Crippen LogP contribution < -0.4 is 21.2 Å². The van der Waals surface area contributed by atoms with Crippen molar-refractivity contribution in [1.82, 2.24) is 37.9 Å². The molecule has 3 aromatic rings. The number of imide groups is 1. The first-order valence-electron chi connectivity index (χ1n) is 22.9. The number of hydrogen-bond donors (Lipinski definition) is 2. The molecule has 62 heavy (non-hydrogen) atoms. The molecule has 2 spiro atoms. The maximum atomic E-state index is 14.1. The molecule has 2 aromatic heterocycles. The maximum Gasteiger partial charge on any atom is 0.329 e. The Kier molecular flexibility index (Phi) is 10.4. The van der Waals surface area contributed by atoms with Crippen molar-refractivity contribution >= 4 is 56.6 Å². The summed E-state index contributed by atoms with van der Waals surface area (Å²) >= 11 is 0. The van der Waals surface area contributed by atoms with Crippen LogP contribution in [0.25, 0.3) is 11.0 Å². The third kappa shape index (κ3) is 6.85. The van der Waals surface area contributed by atoms with Crippen LogP contribution in [0.2, 0.25) is 0 Å². The predicted molar refractivity (Wildman–Crippen MR) is 230 cm³/mol. The van der Waals surface area contributed by atoms with Crippen LogP contribution in [0.3, 0.4) is 0 Å². The van der Waals surface area contributed by atoms with Crippen molar-refractivity contribution in [3.05, 3.63) is 46.0 Å². The Hall–Kier alpha value is -4.68. The molecule has 10 rings (SSSR count). The lowest BCUT2D eigenvalue weighted by Crippen LogP contribution is -2.52. The summed E-state index contributed by atoms with van der Waals surface area (Å²) in [7, 11) is -2.05. The fraction of sp³-hybridized carbons (Fsp3) is 0.659. The number of aryl methyl sites for hydroxylation is 2. The van der Waals surface area contributed by atoms with E-state index in [1.165, 1.54) is 9.13 Å². The number of amides is 4. The van der Waals surface area contributed by atoms with E-state index in [-0.39, 0.29) is 48.3 Å². The quantitative estimate of drug-likeness (QED) is 0.214. The van der Waals surface area contributed by atoms with Gasteiger partial charge in [-0.1, -0.05) is 19.4 Å². The Bertz CT molecular complexity index is 2510. The van der Waals surface area contributed by atoms with Crippen LogP contribution in [-0.4, -0.2) is 115 Å². The first-order valence-corrected chi connectivity index (χ1v) is 24.3. The van der Waals surface area contributed by atoms with Gasteiger partial charge in [0.2, 0.25) is 29.6 Å². The van der Waals surface area contributed by atoms with E-state index in [0.717, 1.165) is 68.3 Å². The monoisotopic (exact) mass is 870 g/mol. The van der Waals surface area contributed by atoms with E-state index in [2.05, 4.69) is 22.5 Å². The van der Waals surface area contributed by atoms with Crippen LogP contribution in [0.4, 0.5) is 11.8 Å². The van der Waals surface area contributed by atoms with E-state index >= 15 is 0 Å². The van der Waals surface area contributed by atoms with E-state index < -0.39 is 33.1 Å². The normalized spacial score (nSPS) is 27.9. The van der Waals surface area contributed by atoms with Gasteiger partial charge >= 0.3 is 5.69 Å². The van der Waals surface area contributed by atoms with Crippen LogP contribution in [0.5, 0.6) is 0 Å². The minimum absolute atomic E-state index is 0.00167. The van der Waals surface area contributed by atoms with Gasteiger partial charge in [0.05, 0.1) is 22.0 Å². The van der Waals surface area contributed by atoms with Crippen molar-refractivity contribution in [2.24, 2.45) is 13.0 Å². The third-order valence-electron chi connectivity index (χ3n) is 15.5. The van der Waals surface area contributed by atoms with Gasteiger partial charge in [-0.2, -0.15) is 22.0 Å². The van der Waals surface area contributed by atoms with Crippen molar-refractivity contribution in [3.8, 4) is 0 Å². The summed E-state index contributed by atoms with van der Waals surface area (Å²) in [4.78, 5) is 78.4. The van der Waals surface area contributed by atoms with Crippen molar-refractivity contribution in [2.75, 3.05) is 42.9 Å². The molecular weight excluding hydrogens is 813 g/mol. The molecule has 2 saturated carbocycles. The zero-order valence-corrected chi connectivity index (χ0v) is 36.6. The van der Waals surface area contributed by atoms with Crippen molar-refractivity contribution in [1.29, 1.82) is 0 Å². The molecule has 0 radical (unpaired) electrons. The van der Waals surface area contributed by atoms with Gasteiger partial charge in [-0.25, -0.2) is 9.78 Å². The summed E-state index contributed by atoms with van der Waals surface area (Å²) in [5.74, 6) is 1.15. The van der Waals surface area contributed by atoms with Gasteiger partial charge in [0, 0.05) is 76.5 Å². The number of rotatable bonds is 11. The second kappa shape index (κ2) is 15.5. The summed E-state index contributed by atoms with van der Waals surface area (Å²) in [6.07, 6.45) is 13.3. The molecule has 4 unspecified atom stereocenters. The van der Waals surface area contributed by atoms with Crippen LogP contribution in [0.1, 0.15) is 120 Å². The zero-order chi connectivity index (χ0) is 43.1. The molecule has 7 aliphatic rings. The van der Waals surface area contributed by atoms with Gasteiger partial charge in [0.25, 0.3) is 10.2 Å². The van der Waals surface area contributed by atoms with Gasteiger partial charge in [-0.3, -0.25) is 38.5 Å². The van der Waals surface area contributed by atoms with E-state index in [9.17, 15) is 32.4 Å². The molecule has 4 saturated heterocycles. The molecule has 2 N–H and O–H groups in total. The molecule has 7 heterocycles. The number of unbranched alkanes of at least 4 members (excludes halogenated alkanes) is 1. The van der Waals surface area contributed by atoms with E-state index in [0.29, 0.717) is 94.1 Å². The highest BCUT2D eigenvalue weighted by atomic mass is 32.2. The fourth-order valence-corrected chi connectivity index (χ4v) is 13.4. The number of piperidine rings is 2. The number of carbonyl (C=O) groups is 4.